The molecule has 1 aliphatic carbocycles. The van der Waals surface area contributed by atoms with E-state index in [-0.39, 0.29) is 23.6 Å². The average Bonchev–Trinajstić information content (AvgIpc) is 3.35. The first kappa shape index (κ1) is 14.5. The maximum atomic E-state index is 12.9. The zero-order valence-electron chi connectivity index (χ0n) is 12.5. The topological polar surface area (TPSA) is 42.4 Å². The number of nitrogens with zero attached hydrogens (tertiary/aromatic N) is 2. The normalized spacial score (nSPS) is 19.6. The fraction of sp³-hybridized carbons (Fsp3) is 0.294. The summed E-state index contributed by atoms with van der Waals surface area (Å²) in [6.45, 7) is 0. The van der Waals surface area contributed by atoms with Crippen molar-refractivity contribution in [2.45, 2.75) is 12.3 Å². The third-order valence-corrected chi connectivity index (χ3v) is 4.05. The Morgan fingerprint density at radius 2 is 2.00 bits per heavy atom. The summed E-state index contributed by atoms with van der Waals surface area (Å²) in [6.07, 6.45) is 2.42. The maximum Gasteiger partial charge on any atom is 0.230 e. The van der Waals surface area contributed by atoms with Gasteiger partial charge < -0.3 is 9.64 Å². The van der Waals surface area contributed by atoms with Crippen molar-refractivity contribution >= 4 is 11.6 Å². The van der Waals surface area contributed by atoms with E-state index >= 15 is 0 Å². The van der Waals surface area contributed by atoms with Crippen molar-refractivity contribution in [1.82, 2.24) is 4.98 Å². The lowest BCUT2D eigenvalue weighted by molar-refractivity contribution is -0.119. The SMILES string of the molecule is COc1ccc(N(C)C(=O)[C@@H]2C[C@H]2c2ccc(F)cc2)cn1. The molecule has 1 saturated carbocycles. The Hall–Kier alpha value is -2.43. The van der Waals surface area contributed by atoms with E-state index in [1.54, 1.807) is 49.5 Å². The number of benzene rings is 1. The van der Waals surface area contributed by atoms with Crippen LogP contribution >= 0.6 is 0 Å². The van der Waals surface area contributed by atoms with E-state index in [4.69, 9.17) is 4.74 Å². The van der Waals surface area contributed by atoms with Gasteiger partial charge >= 0.3 is 0 Å². The Morgan fingerprint density at radius 3 is 2.59 bits per heavy atom. The van der Waals surface area contributed by atoms with E-state index in [2.05, 4.69) is 4.98 Å². The van der Waals surface area contributed by atoms with Crippen molar-refractivity contribution in [3.63, 3.8) is 0 Å². The van der Waals surface area contributed by atoms with E-state index in [1.165, 1.54) is 12.1 Å². The van der Waals surface area contributed by atoms with Crippen LogP contribution in [0.25, 0.3) is 0 Å². The van der Waals surface area contributed by atoms with Crippen LogP contribution in [0.2, 0.25) is 0 Å². The minimum atomic E-state index is -0.256. The minimum Gasteiger partial charge on any atom is -0.481 e. The summed E-state index contributed by atoms with van der Waals surface area (Å²) in [5.41, 5.74) is 1.75. The van der Waals surface area contributed by atoms with E-state index < -0.39 is 0 Å². The third kappa shape index (κ3) is 2.79. The van der Waals surface area contributed by atoms with Crippen molar-refractivity contribution < 1.29 is 13.9 Å². The second-order valence-corrected chi connectivity index (χ2v) is 5.46. The van der Waals surface area contributed by atoms with E-state index in [0.717, 1.165) is 17.7 Å². The van der Waals surface area contributed by atoms with Crippen molar-refractivity contribution in [2.75, 3.05) is 19.1 Å². The van der Waals surface area contributed by atoms with Gasteiger partial charge in [0.25, 0.3) is 0 Å². The van der Waals surface area contributed by atoms with Gasteiger partial charge in [-0.05, 0) is 36.1 Å². The summed E-state index contributed by atoms with van der Waals surface area (Å²) in [6, 6.07) is 9.91. The second kappa shape index (κ2) is 5.75. The van der Waals surface area contributed by atoms with Gasteiger partial charge in [0.15, 0.2) is 0 Å². The number of aromatic nitrogens is 1. The molecule has 1 aromatic carbocycles. The highest BCUT2D eigenvalue weighted by Crippen LogP contribution is 2.48. The first-order valence-corrected chi connectivity index (χ1v) is 7.13. The maximum absolute atomic E-state index is 12.9. The Labute approximate surface area is 128 Å². The number of ether oxygens (including phenoxy) is 1. The number of hydrogen-bond acceptors (Lipinski definition) is 3. The highest BCUT2D eigenvalue weighted by molar-refractivity contribution is 5.96. The molecule has 1 fully saturated rings. The van der Waals surface area contributed by atoms with Crippen molar-refractivity contribution in [2.24, 2.45) is 5.92 Å². The molecule has 4 nitrogen and oxygen atoms in total. The van der Waals surface area contributed by atoms with Gasteiger partial charge in [-0.3, -0.25) is 4.79 Å². The smallest absolute Gasteiger partial charge is 0.230 e. The van der Waals surface area contributed by atoms with Crippen LogP contribution in [0.15, 0.2) is 42.6 Å². The summed E-state index contributed by atoms with van der Waals surface area (Å²) < 4.78 is 18.0. The lowest BCUT2D eigenvalue weighted by Gasteiger charge is -2.17. The molecule has 1 aromatic heterocycles. The van der Waals surface area contributed by atoms with Gasteiger partial charge in [0, 0.05) is 19.0 Å². The number of methoxy groups -OCH3 is 1. The molecule has 0 bridgehead atoms. The van der Waals surface area contributed by atoms with Crippen LogP contribution in [0.1, 0.15) is 17.9 Å². The van der Waals surface area contributed by atoms with Gasteiger partial charge in [-0.1, -0.05) is 12.1 Å². The molecule has 0 radical (unpaired) electrons. The Kier molecular flexibility index (Phi) is 3.79. The van der Waals surface area contributed by atoms with E-state index in [1.807, 2.05) is 0 Å². The molecular weight excluding hydrogens is 283 g/mol. The molecule has 2 atom stereocenters. The van der Waals surface area contributed by atoms with E-state index in [9.17, 15) is 9.18 Å². The summed E-state index contributed by atoms with van der Waals surface area (Å²) in [5, 5.41) is 0. The van der Waals surface area contributed by atoms with Crippen molar-refractivity contribution in [3.8, 4) is 5.88 Å². The van der Waals surface area contributed by atoms with Crippen LogP contribution in [0.3, 0.4) is 0 Å². The largest absolute Gasteiger partial charge is 0.481 e. The highest BCUT2D eigenvalue weighted by Gasteiger charge is 2.45. The summed E-state index contributed by atoms with van der Waals surface area (Å²) >= 11 is 0. The minimum absolute atomic E-state index is 0.0439. The van der Waals surface area contributed by atoms with Gasteiger partial charge in [0.2, 0.25) is 11.8 Å². The molecule has 0 aliphatic heterocycles. The lowest BCUT2D eigenvalue weighted by Crippen LogP contribution is -2.28. The molecule has 22 heavy (non-hydrogen) atoms. The predicted octanol–water partition coefficient (Wildman–Crippen LogP) is 3.00. The molecule has 2 aromatic rings. The predicted molar refractivity (Wildman–Crippen MR) is 81.4 cm³/mol. The summed E-state index contributed by atoms with van der Waals surface area (Å²) in [5.74, 6) is 0.453. The molecule has 114 valence electrons. The monoisotopic (exact) mass is 300 g/mol. The number of amides is 1. The zero-order chi connectivity index (χ0) is 15.7. The van der Waals surface area contributed by atoms with Crippen molar-refractivity contribution in [1.29, 1.82) is 0 Å². The highest BCUT2D eigenvalue weighted by atomic mass is 19.1. The molecule has 3 rings (SSSR count). The molecule has 1 heterocycles. The van der Waals surface area contributed by atoms with Gasteiger partial charge in [0.1, 0.15) is 5.82 Å². The Balaban J connectivity index is 1.68. The third-order valence-electron chi connectivity index (χ3n) is 4.05. The average molecular weight is 300 g/mol. The summed E-state index contributed by atoms with van der Waals surface area (Å²) in [4.78, 5) is 18.2. The van der Waals surface area contributed by atoms with Crippen LogP contribution in [-0.2, 0) is 4.79 Å². The van der Waals surface area contributed by atoms with Gasteiger partial charge in [-0.25, -0.2) is 9.37 Å². The number of anilines is 1. The Bertz CT molecular complexity index is 670. The molecule has 1 amide bonds. The number of hydrogen-bond donors (Lipinski definition) is 0. The molecule has 0 saturated heterocycles. The number of rotatable bonds is 4. The molecule has 1 aliphatic rings. The first-order valence-electron chi connectivity index (χ1n) is 7.13. The first-order chi connectivity index (χ1) is 10.6. The van der Waals surface area contributed by atoms with Crippen LogP contribution in [0, 0.1) is 11.7 Å². The number of carbonyl (C=O) groups is 1. The molecule has 0 N–H and O–H groups in total. The summed E-state index contributed by atoms with van der Waals surface area (Å²) in [7, 11) is 3.29. The van der Waals surface area contributed by atoms with E-state index in [0.29, 0.717) is 5.88 Å². The fourth-order valence-corrected chi connectivity index (χ4v) is 2.61. The van der Waals surface area contributed by atoms with Crippen LogP contribution in [0.4, 0.5) is 10.1 Å². The Morgan fingerprint density at radius 1 is 1.27 bits per heavy atom. The fourth-order valence-electron chi connectivity index (χ4n) is 2.61. The second-order valence-electron chi connectivity index (χ2n) is 5.46. The van der Waals surface area contributed by atoms with Gasteiger partial charge in [-0.15, -0.1) is 0 Å². The van der Waals surface area contributed by atoms with Crippen LogP contribution in [0.5, 0.6) is 5.88 Å². The number of halogens is 1. The van der Waals surface area contributed by atoms with Gasteiger partial charge in [0.05, 0.1) is 19.0 Å². The molecule has 0 unspecified atom stereocenters. The van der Waals surface area contributed by atoms with Crippen LogP contribution in [-0.4, -0.2) is 25.0 Å². The van der Waals surface area contributed by atoms with Crippen LogP contribution < -0.4 is 9.64 Å². The molecular formula is C17H17FN2O2. The molecule has 5 heteroatoms. The quantitative estimate of drug-likeness (QED) is 0.871. The standard InChI is InChI=1S/C17H17FN2O2/c1-20(13-7-8-16(22-2)19-10-13)17(21)15-9-14(15)11-3-5-12(18)6-4-11/h3-8,10,14-15H,9H2,1-2H3/t14-,15+/m0/s1. The zero-order valence-corrected chi connectivity index (χ0v) is 12.5. The van der Waals surface area contributed by atoms with Gasteiger partial charge in [-0.2, -0.15) is 0 Å². The number of pyridine rings is 1. The lowest BCUT2D eigenvalue weighted by atomic mass is 10.1. The molecule has 0 spiro atoms. The van der Waals surface area contributed by atoms with Crippen molar-refractivity contribution in [3.05, 3.63) is 54.0 Å². The number of carbonyl (C=O) groups excluding carboxylic acids is 1.